The van der Waals surface area contributed by atoms with Crippen molar-refractivity contribution in [2.75, 3.05) is 0 Å². The van der Waals surface area contributed by atoms with E-state index >= 15 is 0 Å². The summed E-state index contributed by atoms with van der Waals surface area (Å²) < 4.78 is 0. The molecule has 0 spiro atoms. The molecule has 5 heavy (non-hydrogen) atoms. The van der Waals surface area contributed by atoms with Crippen LogP contribution in [0.4, 0.5) is 0 Å². The molecule has 0 bridgehead atoms. The molecule has 0 aromatic heterocycles. The molecule has 2 rings (SSSR count). The van der Waals surface area contributed by atoms with E-state index in [0.29, 0.717) is 0 Å². The van der Waals surface area contributed by atoms with Gasteiger partial charge in [0.1, 0.15) is 0 Å². The molecule has 1 aliphatic carbocycles. The highest BCUT2D eigenvalue weighted by Crippen LogP contribution is 2.42. The third kappa shape index (κ3) is 0.0934. The first kappa shape index (κ1) is 1.98. The fraction of sp³-hybridized carbons (Fsp3) is 0. The molecular weight excluding hydrogens is 80.1 g/mol. The second-order valence-electron chi connectivity index (χ2n) is 1.20. The van der Waals surface area contributed by atoms with Crippen LogP contribution in [0.5, 0.6) is 0 Å². The van der Waals surface area contributed by atoms with Crippen molar-refractivity contribution in [3.63, 3.8) is 0 Å². The molecule has 1 heteroatoms. The van der Waals surface area contributed by atoms with Gasteiger partial charge in [-0.25, -0.2) is 0 Å². The van der Waals surface area contributed by atoms with Gasteiger partial charge in [-0.2, -0.15) is 0 Å². The first-order valence-corrected chi connectivity index (χ1v) is 2.44. The summed E-state index contributed by atoms with van der Waals surface area (Å²) in [6, 6.07) is 2.19. The van der Waals surface area contributed by atoms with Gasteiger partial charge in [0.05, 0.1) is 0 Å². The van der Waals surface area contributed by atoms with Crippen LogP contribution in [-0.4, -0.2) is 0 Å². The molecule has 0 saturated carbocycles. The maximum absolute atomic E-state index is 2.19. The van der Waals surface area contributed by atoms with Crippen molar-refractivity contribution in [2.45, 2.75) is 0 Å². The summed E-state index contributed by atoms with van der Waals surface area (Å²) in [7, 11) is 0. The zero-order valence-electron chi connectivity index (χ0n) is 2.56. The van der Waals surface area contributed by atoms with Crippen LogP contribution >= 0.6 is 11.3 Å². The van der Waals surface area contributed by atoms with Gasteiger partial charge in [-0.1, -0.05) is 0 Å². The van der Waals surface area contributed by atoms with E-state index in [0.717, 1.165) is 0 Å². The maximum Gasteiger partial charge on any atom is 0.0357 e. The van der Waals surface area contributed by atoms with E-state index in [1.165, 1.54) is 10.4 Å². The molecule has 0 amide bonds. The molecule has 0 unspecified atom stereocenters. The minimum atomic E-state index is 1.48. The lowest BCUT2D eigenvalue weighted by molar-refractivity contribution is 2.26. The van der Waals surface area contributed by atoms with Crippen LogP contribution < -0.4 is 0 Å². The Morgan fingerprint density at radius 3 is 2.40 bits per heavy atom. The van der Waals surface area contributed by atoms with Gasteiger partial charge in [-0.3, -0.25) is 0 Å². The van der Waals surface area contributed by atoms with Gasteiger partial charge in [-0.05, 0) is 6.07 Å². The van der Waals surface area contributed by atoms with Crippen molar-refractivity contribution in [3.05, 3.63) is 11.4 Å². The second kappa shape index (κ2) is 0.356. The molecule has 24 valence electrons. The summed E-state index contributed by atoms with van der Waals surface area (Å²) in [5, 5.41) is 2.16. The largest absolute Gasteiger partial charge is 0.143 e. The van der Waals surface area contributed by atoms with Crippen molar-refractivity contribution in [1.29, 1.82) is 0 Å². The minimum Gasteiger partial charge on any atom is -0.143 e. The molecule has 1 heterocycles. The Bertz CT molecular complexity index is 128. The Kier molecular flexibility index (Phi) is 0.141. The van der Waals surface area contributed by atoms with E-state index in [2.05, 4.69) is 11.4 Å². The summed E-state index contributed by atoms with van der Waals surface area (Å²) in [6.07, 6.45) is 0. The molecule has 0 aromatic carbocycles. The average Bonchev–Trinajstić information content (AvgIpc) is 1.74. The number of rotatable bonds is 0. The van der Waals surface area contributed by atoms with Crippen LogP contribution in [0.2, 0.25) is 0 Å². The van der Waals surface area contributed by atoms with Crippen LogP contribution in [0.25, 0.3) is 10.4 Å². The molecular formula is C4H2S. The predicted molar refractivity (Wildman–Crippen MR) is 23.3 cm³/mol. The molecule has 2 aliphatic rings. The van der Waals surface area contributed by atoms with Gasteiger partial charge in [-0.15, -0.1) is 11.3 Å². The van der Waals surface area contributed by atoms with Crippen molar-refractivity contribution < 1.29 is 0 Å². The first-order valence-electron chi connectivity index (χ1n) is 1.56. The smallest absolute Gasteiger partial charge is 0.0357 e. The van der Waals surface area contributed by atoms with Crippen LogP contribution in [0.1, 0.15) is 0 Å². The SMILES string of the molecule is c1sc2cc1-2. The van der Waals surface area contributed by atoms with Crippen LogP contribution in [0.15, 0.2) is 11.4 Å². The number of hydrogen-bond donors (Lipinski definition) is 0. The van der Waals surface area contributed by atoms with Gasteiger partial charge in [0.25, 0.3) is 0 Å². The van der Waals surface area contributed by atoms with Crippen LogP contribution in [-0.2, 0) is 0 Å². The quantitative estimate of drug-likeness (QED) is 0.454. The fourth-order valence-corrected chi connectivity index (χ4v) is 1.02. The zero-order valence-corrected chi connectivity index (χ0v) is 3.38. The Balaban J connectivity index is 3.13. The van der Waals surface area contributed by atoms with Gasteiger partial charge < -0.3 is 0 Å². The third-order valence-electron chi connectivity index (χ3n) is 0.801. The average molecular weight is 82.1 g/mol. The summed E-state index contributed by atoms with van der Waals surface area (Å²) in [5.41, 5.74) is 1.48. The highest BCUT2D eigenvalue weighted by molar-refractivity contribution is 7.18. The Labute approximate surface area is 34.1 Å². The van der Waals surface area contributed by atoms with Gasteiger partial charge in [0, 0.05) is 15.8 Å². The van der Waals surface area contributed by atoms with E-state index < -0.39 is 0 Å². The molecule has 0 nitrogen and oxygen atoms in total. The lowest BCUT2D eigenvalue weighted by atomic mass is 10.7. The van der Waals surface area contributed by atoms with Crippen molar-refractivity contribution in [2.24, 2.45) is 0 Å². The van der Waals surface area contributed by atoms with E-state index in [9.17, 15) is 0 Å². The zero-order chi connectivity index (χ0) is 3.28. The Hall–Kier alpha value is -0.300. The van der Waals surface area contributed by atoms with E-state index in [4.69, 9.17) is 0 Å². The Morgan fingerprint density at radius 1 is 1.60 bits per heavy atom. The molecule has 1 aliphatic heterocycles. The number of hydrogen-bond acceptors (Lipinski definition) is 1. The molecule has 0 fully saturated rings. The lowest BCUT2D eigenvalue weighted by Crippen LogP contribution is -1.42. The minimum absolute atomic E-state index is 1.48. The molecule has 0 N–H and O–H groups in total. The van der Waals surface area contributed by atoms with Crippen LogP contribution in [0.3, 0.4) is 0 Å². The summed E-state index contributed by atoms with van der Waals surface area (Å²) in [6.45, 7) is 0. The standard InChI is InChI=1S/C4H2S/c1-3-2-5-4(1)3/h1-2H. The maximum atomic E-state index is 2.19. The van der Waals surface area contributed by atoms with Gasteiger partial charge in [0.15, 0.2) is 0 Å². The molecule has 0 radical (unpaired) electrons. The monoisotopic (exact) mass is 82.0 g/mol. The molecule has 0 atom stereocenters. The summed E-state index contributed by atoms with van der Waals surface area (Å²) in [4.78, 5) is 1.50. The van der Waals surface area contributed by atoms with Crippen LogP contribution in [0, 0.1) is 0 Å². The second-order valence-corrected chi connectivity index (χ2v) is 2.11. The fourth-order valence-electron chi connectivity index (χ4n) is 0.368. The highest BCUT2D eigenvalue weighted by Gasteiger charge is 2.12. The molecule has 0 saturated heterocycles. The van der Waals surface area contributed by atoms with E-state index in [1.54, 1.807) is 0 Å². The third-order valence-corrected chi connectivity index (χ3v) is 1.78. The highest BCUT2D eigenvalue weighted by atomic mass is 32.1. The van der Waals surface area contributed by atoms with Gasteiger partial charge >= 0.3 is 0 Å². The normalized spacial score (nSPS) is 12.0. The van der Waals surface area contributed by atoms with Gasteiger partial charge in [0.2, 0.25) is 0 Å². The number of thiophene rings is 1. The Morgan fingerprint density at radius 2 is 2.40 bits per heavy atom. The topological polar surface area (TPSA) is 0 Å². The van der Waals surface area contributed by atoms with Crippen molar-refractivity contribution in [3.8, 4) is 10.4 Å². The number of fused-ring (bicyclic) bond motifs is 1. The summed E-state index contributed by atoms with van der Waals surface area (Å²) >= 11 is 1.83. The lowest BCUT2D eigenvalue weighted by Gasteiger charge is -1.75. The van der Waals surface area contributed by atoms with E-state index in [-0.39, 0.29) is 0 Å². The van der Waals surface area contributed by atoms with Crippen molar-refractivity contribution in [1.82, 2.24) is 0 Å². The molecule has 0 aromatic rings. The van der Waals surface area contributed by atoms with E-state index in [1.807, 2.05) is 11.3 Å². The summed E-state index contributed by atoms with van der Waals surface area (Å²) in [5.74, 6) is 0. The predicted octanol–water partition coefficient (Wildman–Crippen LogP) is 1.73. The first-order chi connectivity index (χ1) is 2.47. The van der Waals surface area contributed by atoms with Crippen molar-refractivity contribution >= 4 is 11.3 Å².